The lowest BCUT2D eigenvalue weighted by atomic mass is 9.82. The van der Waals surface area contributed by atoms with Crippen LogP contribution in [0.3, 0.4) is 0 Å². The quantitative estimate of drug-likeness (QED) is 0.312. The van der Waals surface area contributed by atoms with Gasteiger partial charge in [0.05, 0.1) is 40.6 Å². The van der Waals surface area contributed by atoms with E-state index in [1.807, 2.05) is 37.3 Å². The first-order valence-corrected chi connectivity index (χ1v) is 15.5. The Morgan fingerprint density at radius 3 is 2.00 bits per heavy atom. The number of hydrogen-bond donors (Lipinski definition) is 1. The van der Waals surface area contributed by atoms with Crippen LogP contribution in [0, 0.1) is 12.8 Å². The zero-order valence-corrected chi connectivity index (χ0v) is 24.8. The minimum Gasteiger partial charge on any atom is -0.497 e. The second-order valence-electron chi connectivity index (χ2n) is 11.0. The number of methoxy groups -OCH3 is 3. The van der Waals surface area contributed by atoms with E-state index in [4.69, 9.17) is 23.4 Å². The van der Waals surface area contributed by atoms with E-state index in [0.717, 1.165) is 22.4 Å². The lowest BCUT2D eigenvalue weighted by Gasteiger charge is -2.39. The highest BCUT2D eigenvalue weighted by atomic mass is 28.4. The molecule has 1 N–H and O–H groups in total. The molecule has 0 bridgehead atoms. The summed E-state index contributed by atoms with van der Waals surface area (Å²) in [6.07, 6.45) is -0.466. The van der Waals surface area contributed by atoms with Gasteiger partial charge >= 0.3 is 0 Å². The van der Waals surface area contributed by atoms with Gasteiger partial charge in [0.1, 0.15) is 5.75 Å². The van der Waals surface area contributed by atoms with Gasteiger partial charge in [-0.05, 0) is 54.2 Å². The van der Waals surface area contributed by atoms with E-state index in [1.54, 1.807) is 21.3 Å². The third-order valence-corrected chi connectivity index (χ3v) is 11.9. The summed E-state index contributed by atoms with van der Waals surface area (Å²) in [6.45, 7) is 16.2. The highest BCUT2D eigenvalue weighted by molar-refractivity contribution is 6.74. The van der Waals surface area contributed by atoms with Crippen molar-refractivity contribution in [2.75, 3.05) is 34.5 Å². The van der Waals surface area contributed by atoms with Gasteiger partial charge in [0.15, 0.2) is 19.8 Å². The Bertz CT molecular complexity index is 951. The predicted octanol–water partition coefficient (Wildman–Crippen LogP) is 6.34. The van der Waals surface area contributed by atoms with Crippen molar-refractivity contribution in [1.82, 2.24) is 0 Å². The Balaban J connectivity index is 2.42. The highest BCUT2D eigenvalue weighted by Crippen LogP contribution is 2.44. The Kier molecular flexibility index (Phi) is 10.8. The van der Waals surface area contributed by atoms with Gasteiger partial charge in [-0.15, -0.1) is 0 Å². The van der Waals surface area contributed by atoms with Gasteiger partial charge in [-0.1, -0.05) is 52.0 Å². The van der Waals surface area contributed by atoms with Crippen LogP contribution in [0.15, 0.2) is 36.4 Å². The number of ether oxygens (including phenoxy) is 4. The average Bonchev–Trinajstić information content (AvgIpc) is 2.84. The molecule has 202 valence electrons. The molecule has 0 saturated carbocycles. The summed E-state index contributed by atoms with van der Waals surface area (Å²) in [4.78, 5) is 0. The van der Waals surface area contributed by atoms with E-state index in [-0.39, 0.29) is 23.5 Å². The van der Waals surface area contributed by atoms with Crippen LogP contribution < -0.4 is 14.2 Å². The molecule has 0 amide bonds. The van der Waals surface area contributed by atoms with Gasteiger partial charge in [-0.25, -0.2) is 0 Å². The molecule has 0 heterocycles. The smallest absolute Gasteiger partial charge is 0.191 e. The largest absolute Gasteiger partial charge is 0.497 e. The molecule has 7 heteroatoms. The number of aliphatic hydroxyl groups is 1. The van der Waals surface area contributed by atoms with Crippen molar-refractivity contribution in [2.24, 2.45) is 5.92 Å². The minimum atomic E-state index is -1.96. The molecule has 6 nitrogen and oxygen atoms in total. The molecule has 0 saturated heterocycles. The Morgan fingerprint density at radius 2 is 1.50 bits per heavy atom. The molecule has 0 unspecified atom stereocenters. The molecule has 0 aromatic heterocycles. The molecule has 2 aromatic carbocycles. The average molecular weight is 519 g/mol. The zero-order chi connectivity index (χ0) is 27.1. The highest BCUT2D eigenvalue weighted by Gasteiger charge is 2.39. The number of rotatable bonds is 13. The number of aryl methyl sites for hydroxylation is 1. The lowest BCUT2D eigenvalue weighted by molar-refractivity contribution is -0.0290. The van der Waals surface area contributed by atoms with Crippen LogP contribution in [0.25, 0.3) is 0 Å². The summed E-state index contributed by atoms with van der Waals surface area (Å²) in [7, 11) is 2.99. The standard InChI is InChI=1S/C29H46O6Si/c1-20-11-16-24(28(33-8)27(20)32-7)26(21(2)18-35-36(9,10)29(3,4)5)25(17-30)34-19-22-12-14-23(31-6)15-13-22/h11-16,21,25-26,30H,17-19H2,1-10H3/t21-,25-,26-/m0/s1. The second kappa shape index (κ2) is 12.9. The first-order valence-electron chi connectivity index (χ1n) is 12.6. The van der Waals surface area contributed by atoms with E-state index in [9.17, 15) is 5.11 Å². The fourth-order valence-electron chi connectivity index (χ4n) is 4.13. The molecule has 0 aliphatic heterocycles. The van der Waals surface area contributed by atoms with Gasteiger partial charge in [0.25, 0.3) is 0 Å². The van der Waals surface area contributed by atoms with Crippen LogP contribution in [-0.2, 0) is 15.8 Å². The molecule has 2 aromatic rings. The lowest BCUT2D eigenvalue weighted by Crippen LogP contribution is -2.43. The summed E-state index contributed by atoms with van der Waals surface area (Å²) in [5.74, 6) is 2.04. The molecule has 0 aliphatic carbocycles. The Labute approximate surface area is 219 Å². The fourth-order valence-corrected chi connectivity index (χ4v) is 5.24. The summed E-state index contributed by atoms with van der Waals surface area (Å²) >= 11 is 0. The van der Waals surface area contributed by atoms with Crippen LogP contribution in [-0.4, -0.2) is 54.1 Å². The van der Waals surface area contributed by atoms with Gasteiger partial charge in [0, 0.05) is 18.1 Å². The third kappa shape index (κ3) is 7.25. The van der Waals surface area contributed by atoms with Crippen LogP contribution in [0.2, 0.25) is 18.1 Å². The molecular weight excluding hydrogens is 472 g/mol. The number of hydrogen-bond acceptors (Lipinski definition) is 6. The third-order valence-electron chi connectivity index (χ3n) is 7.44. The van der Waals surface area contributed by atoms with Crippen molar-refractivity contribution in [1.29, 1.82) is 0 Å². The van der Waals surface area contributed by atoms with Gasteiger partial charge in [0.2, 0.25) is 0 Å². The van der Waals surface area contributed by atoms with Crippen LogP contribution in [0.4, 0.5) is 0 Å². The van der Waals surface area contributed by atoms with Crippen molar-refractivity contribution in [3.05, 3.63) is 53.1 Å². The first kappa shape index (κ1) is 30.2. The summed E-state index contributed by atoms with van der Waals surface area (Å²) < 4.78 is 29.8. The van der Waals surface area contributed by atoms with Crippen molar-refractivity contribution < 1.29 is 28.5 Å². The molecule has 2 rings (SSSR count). The SMILES string of the molecule is COc1ccc(CO[C@@H](CO)[C@H](c2ccc(C)c(OC)c2OC)[C@@H](C)CO[Si](C)(C)C(C)(C)C)cc1. The van der Waals surface area contributed by atoms with Gasteiger partial charge < -0.3 is 28.5 Å². The molecule has 0 spiro atoms. The molecule has 0 radical (unpaired) electrons. The summed E-state index contributed by atoms with van der Waals surface area (Å²) in [5, 5.41) is 10.6. The number of aliphatic hydroxyl groups excluding tert-OH is 1. The predicted molar refractivity (Wildman–Crippen MR) is 148 cm³/mol. The van der Waals surface area contributed by atoms with E-state index in [0.29, 0.717) is 24.7 Å². The van der Waals surface area contributed by atoms with Crippen molar-refractivity contribution in [2.45, 2.75) is 71.4 Å². The van der Waals surface area contributed by atoms with E-state index < -0.39 is 14.4 Å². The topological polar surface area (TPSA) is 66.4 Å². The Morgan fingerprint density at radius 1 is 0.889 bits per heavy atom. The second-order valence-corrected chi connectivity index (χ2v) is 15.8. The van der Waals surface area contributed by atoms with Crippen LogP contribution >= 0.6 is 0 Å². The molecular formula is C29H46O6Si. The van der Waals surface area contributed by atoms with Crippen LogP contribution in [0.5, 0.6) is 17.2 Å². The van der Waals surface area contributed by atoms with Gasteiger partial charge in [-0.2, -0.15) is 0 Å². The molecule has 0 aliphatic rings. The normalized spacial score (nSPS) is 14.8. The van der Waals surface area contributed by atoms with E-state index in [2.05, 4.69) is 46.9 Å². The van der Waals surface area contributed by atoms with Crippen molar-refractivity contribution in [3.63, 3.8) is 0 Å². The minimum absolute atomic E-state index is 0.0495. The molecule has 3 atom stereocenters. The zero-order valence-electron chi connectivity index (χ0n) is 23.8. The van der Waals surface area contributed by atoms with Gasteiger partial charge in [-0.3, -0.25) is 0 Å². The molecule has 36 heavy (non-hydrogen) atoms. The van der Waals surface area contributed by atoms with Crippen LogP contribution in [0.1, 0.15) is 50.3 Å². The number of benzene rings is 2. The summed E-state index contributed by atoms with van der Waals surface area (Å²) in [5.41, 5.74) is 2.94. The maximum absolute atomic E-state index is 10.5. The fraction of sp³-hybridized carbons (Fsp3) is 0.586. The maximum atomic E-state index is 10.5. The van der Waals surface area contributed by atoms with E-state index in [1.165, 1.54) is 0 Å². The summed E-state index contributed by atoms with van der Waals surface area (Å²) in [6, 6.07) is 11.9. The van der Waals surface area contributed by atoms with Crippen molar-refractivity contribution >= 4 is 8.32 Å². The first-order chi connectivity index (χ1) is 16.9. The van der Waals surface area contributed by atoms with Crippen molar-refractivity contribution in [3.8, 4) is 17.2 Å². The monoisotopic (exact) mass is 518 g/mol. The van der Waals surface area contributed by atoms with E-state index >= 15 is 0 Å². The molecule has 0 fully saturated rings. The Hall–Kier alpha value is -2.06. The maximum Gasteiger partial charge on any atom is 0.191 e.